The third-order valence-corrected chi connectivity index (χ3v) is 3.72. The summed E-state index contributed by atoms with van der Waals surface area (Å²) in [6.07, 6.45) is 5.74. The molecular weight excluding hydrogens is 254 g/mol. The molecule has 1 fully saturated rings. The Bertz CT molecular complexity index is 512. The van der Waals surface area contributed by atoms with Gasteiger partial charge in [0.2, 0.25) is 5.95 Å². The molecule has 20 heavy (non-hydrogen) atoms. The van der Waals surface area contributed by atoms with Crippen LogP contribution in [0.15, 0.2) is 23.1 Å². The molecule has 1 aromatic rings. The maximum Gasteiger partial charge on any atom is 0.245 e. The fourth-order valence-electron chi connectivity index (χ4n) is 2.85. The average molecular weight is 275 g/mol. The van der Waals surface area contributed by atoms with E-state index < -0.39 is 0 Å². The lowest BCUT2D eigenvalue weighted by atomic mass is 9.78. The summed E-state index contributed by atoms with van der Waals surface area (Å²) in [5.41, 5.74) is 2.66. The van der Waals surface area contributed by atoms with Gasteiger partial charge in [-0.05, 0) is 24.3 Å². The summed E-state index contributed by atoms with van der Waals surface area (Å²) in [6.45, 7) is 8.14. The van der Waals surface area contributed by atoms with Crippen LogP contribution in [0, 0.1) is 5.41 Å². The third-order valence-electron chi connectivity index (χ3n) is 3.72. The first kappa shape index (κ1) is 13.3. The second-order valence-electron chi connectivity index (χ2n) is 6.17. The molecule has 1 aliphatic carbocycles. The molecule has 1 aromatic heterocycles. The molecule has 0 aromatic carbocycles. The van der Waals surface area contributed by atoms with E-state index in [1.165, 1.54) is 12.0 Å². The van der Waals surface area contributed by atoms with Crippen LogP contribution >= 0.6 is 0 Å². The number of nitrogens with zero attached hydrogens (tertiary/aromatic N) is 4. The number of hydrogen-bond donors (Lipinski definition) is 1. The lowest BCUT2D eigenvalue weighted by Gasteiger charge is -2.38. The molecular formula is C14H21N5O. The quantitative estimate of drug-likeness (QED) is 0.895. The van der Waals surface area contributed by atoms with Gasteiger partial charge in [-0.3, -0.25) is 0 Å². The number of hydrogen-bond acceptors (Lipinski definition) is 5. The summed E-state index contributed by atoms with van der Waals surface area (Å²) in [5, 5.41) is 6.64. The van der Waals surface area contributed by atoms with Crippen molar-refractivity contribution in [2.24, 2.45) is 10.4 Å². The van der Waals surface area contributed by atoms with Gasteiger partial charge < -0.3 is 9.64 Å². The van der Waals surface area contributed by atoms with Crippen LogP contribution in [-0.2, 0) is 4.74 Å². The molecule has 2 aliphatic rings. The van der Waals surface area contributed by atoms with Gasteiger partial charge in [-0.1, -0.05) is 13.8 Å². The van der Waals surface area contributed by atoms with Crippen molar-refractivity contribution in [2.45, 2.75) is 26.7 Å². The van der Waals surface area contributed by atoms with Crippen molar-refractivity contribution >= 4 is 11.7 Å². The highest BCUT2D eigenvalue weighted by Crippen LogP contribution is 2.36. The zero-order chi connectivity index (χ0) is 14.0. The Kier molecular flexibility index (Phi) is 3.56. The van der Waals surface area contributed by atoms with Crippen LogP contribution in [0.25, 0.3) is 0 Å². The van der Waals surface area contributed by atoms with Crippen molar-refractivity contribution in [1.82, 2.24) is 20.1 Å². The van der Waals surface area contributed by atoms with Crippen molar-refractivity contribution in [2.75, 3.05) is 26.3 Å². The SMILES string of the molecule is CC1(C)CC(N2CCOCC2)=CC(=Nc2ncn[nH]2)C1. The van der Waals surface area contributed by atoms with Crippen LogP contribution in [0.2, 0.25) is 0 Å². The Labute approximate surface area is 118 Å². The molecule has 6 heteroatoms. The number of rotatable bonds is 2. The summed E-state index contributed by atoms with van der Waals surface area (Å²) in [5.74, 6) is 0.579. The van der Waals surface area contributed by atoms with Crippen LogP contribution in [0.4, 0.5) is 5.95 Å². The molecule has 0 saturated carbocycles. The molecule has 1 aliphatic heterocycles. The van der Waals surface area contributed by atoms with Gasteiger partial charge in [0.05, 0.1) is 13.2 Å². The topological polar surface area (TPSA) is 66.4 Å². The summed E-state index contributed by atoms with van der Waals surface area (Å²) in [7, 11) is 0. The van der Waals surface area contributed by atoms with Gasteiger partial charge in [-0.15, -0.1) is 0 Å². The van der Waals surface area contributed by atoms with E-state index in [-0.39, 0.29) is 5.41 Å². The van der Waals surface area contributed by atoms with Crippen LogP contribution < -0.4 is 0 Å². The van der Waals surface area contributed by atoms with Crippen molar-refractivity contribution in [3.63, 3.8) is 0 Å². The first-order valence-electron chi connectivity index (χ1n) is 7.09. The molecule has 0 amide bonds. The maximum absolute atomic E-state index is 5.43. The van der Waals surface area contributed by atoms with E-state index in [1.54, 1.807) is 0 Å². The Morgan fingerprint density at radius 1 is 1.30 bits per heavy atom. The summed E-state index contributed by atoms with van der Waals surface area (Å²) in [6, 6.07) is 0. The monoisotopic (exact) mass is 275 g/mol. The molecule has 6 nitrogen and oxygen atoms in total. The van der Waals surface area contributed by atoms with Crippen molar-refractivity contribution in [3.05, 3.63) is 18.1 Å². The Morgan fingerprint density at radius 2 is 2.10 bits per heavy atom. The first-order valence-corrected chi connectivity index (χ1v) is 7.09. The molecule has 0 unspecified atom stereocenters. The summed E-state index contributed by atoms with van der Waals surface area (Å²) < 4.78 is 5.43. The molecule has 1 N–H and O–H groups in total. The highest BCUT2D eigenvalue weighted by molar-refractivity contribution is 5.98. The minimum atomic E-state index is 0.223. The zero-order valence-corrected chi connectivity index (χ0v) is 12.1. The molecule has 3 rings (SSSR count). The van der Waals surface area contributed by atoms with E-state index in [2.05, 4.69) is 45.0 Å². The minimum Gasteiger partial charge on any atom is -0.378 e. The number of aromatic nitrogens is 3. The second-order valence-corrected chi connectivity index (χ2v) is 6.17. The molecule has 0 atom stereocenters. The number of allylic oxidation sites excluding steroid dienone is 2. The lowest BCUT2D eigenvalue weighted by Crippen LogP contribution is -2.39. The first-order chi connectivity index (χ1) is 9.62. The highest BCUT2D eigenvalue weighted by atomic mass is 16.5. The molecule has 2 heterocycles. The molecule has 0 radical (unpaired) electrons. The van der Waals surface area contributed by atoms with E-state index in [1.807, 2.05) is 0 Å². The summed E-state index contributed by atoms with van der Waals surface area (Å²) >= 11 is 0. The predicted octanol–water partition coefficient (Wildman–Crippen LogP) is 1.91. The third kappa shape index (κ3) is 3.07. The Hall–Kier alpha value is -1.69. The number of aliphatic imine (C=N–C) groups is 1. The second kappa shape index (κ2) is 5.36. The number of nitrogens with one attached hydrogen (secondary N) is 1. The van der Waals surface area contributed by atoms with Crippen molar-refractivity contribution in [3.8, 4) is 0 Å². The van der Waals surface area contributed by atoms with Crippen LogP contribution in [-0.4, -0.2) is 52.1 Å². The van der Waals surface area contributed by atoms with Gasteiger partial charge in [0.25, 0.3) is 0 Å². The molecule has 108 valence electrons. The van der Waals surface area contributed by atoms with Gasteiger partial charge in [0, 0.05) is 24.5 Å². The van der Waals surface area contributed by atoms with Crippen LogP contribution in [0.1, 0.15) is 26.7 Å². The molecule has 1 saturated heterocycles. The maximum atomic E-state index is 5.43. The van der Waals surface area contributed by atoms with Crippen molar-refractivity contribution < 1.29 is 4.74 Å². The number of aromatic amines is 1. The number of ether oxygens (including phenoxy) is 1. The van der Waals surface area contributed by atoms with E-state index in [0.717, 1.165) is 44.9 Å². The highest BCUT2D eigenvalue weighted by Gasteiger charge is 2.29. The Balaban J connectivity index is 1.86. The van der Waals surface area contributed by atoms with E-state index in [0.29, 0.717) is 5.95 Å². The summed E-state index contributed by atoms with van der Waals surface area (Å²) in [4.78, 5) is 11.1. The van der Waals surface area contributed by atoms with Gasteiger partial charge in [-0.2, -0.15) is 10.1 Å². The fourth-order valence-corrected chi connectivity index (χ4v) is 2.85. The van der Waals surface area contributed by atoms with E-state index in [9.17, 15) is 0 Å². The predicted molar refractivity (Wildman–Crippen MR) is 77.0 cm³/mol. The van der Waals surface area contributed by atoms with E-state index >= 15 is 0 Å². The van der Waals surface area contributed by atoms with Crippen molar-refractivity contribution in [1.29, 1.82) is 0 Å². The molecule has 0 bridgehead atoms. The van der Waals surface area contributed by atoms with Gasteiger partial charge in [0.15, 0.2) is 0 Å². The normalized spacial score (nSPS) is 24.8. The van der Waals surface area contributed by atoms with E-state index in [4.69, 9.17) is 4.74 Å². The standard InChI is InChI=1S/C14H21N5O/c1-14(2)8-11(17-13-15-10-16-18-13)7-12(9-14)19-3-5-20-6-4-19/h7,10H,3-6,8-9H2,1-2H3,(H,15,16,18). The number of H-pyrrole nitrogens is 1. The zero-order valence-electron chi connectivity index (χ0n) is 12.1. The van der Waals surface area contributed by atoms with Gasteiger partial charge in [-0.25, -0.2) is 10.1 Å². The smallest absolute Gasteiger partial charge is 0.245 e. The van der Waals surface area contributed by atoms with Gasteiger partial charge in [0.1, 0.15) is 6.33 Å². The van der Waals surface area contributed by atoms with Gasteiger partial charge >= 0.3 is 0 Å². The molecule has 0 spiro atoms. The Morgan fingerprint density at radius 3 is 2.80 bits per heavy atom. The van der Waals surface area contributed by atoms with Crippen LogP contribution in [0.3, 0.4) is 0 Å². The largest absolute Gasteiger partial charge is 0.378 e. The average Bonchev–Trinajstić information content (AvgIpc) is 2.91. The fraction of sp³-hybridized carbons (Fsp3) is 0.643. The minimum absolute atomic E-state index is 0.223. The number of morpholine rings is 1. The lowest BCUT2D eigenvalue weighted by molar-refractivity contribution is 0.0491. The van der Waals surface area contributed by atoms with Crippen LogP contribution in [0.5, 0.6) is 0 Å².